The average molecular weight is 261 g/mol. The van der Waals surface area contributed by atoms with Gasteiger partial charge in [-0.05, 0) is 37.1 Å². The molecule has 4 heteroatoms. The van der Waals surface area contributed by atoms with Crippen LogP contribution in [0, 0.1) is 0 Å². The van der Waals surface area contributed by atoms with Crippen molar-refractivity contribution in [1.29, 1.82) is 0 Å². The highest BCUT2D eigenvalue weighted by Crippen LogP contribution is 2.17. The molecular weight excluding hydrogens is 242 g/mol. The van der Waals surface area contributed by atoms with Crippen LogP contribution in [0.15, 0.2) is 36.9 Å². The van der Waals surface area contributed by atoms with Gasteiger partial charge in [0.2, 0.25) is 0 Å². The van der Waals surface area contributed by atoms with Crippen molar-refractivity contribution in [2.45, 2.75) is 18.9 Å². The van der Waals surface area contributed by atoms with E-state index in [1.807, 2.05) is 0 Å². The van der Waals surface area contributed by atoms with E-state index in [-0.39, 0.29) is 12.0 Å². The summed E-state index contributed by atoms with van der Waals surface area (Å²) in [7, 11) is 0. The molecule has 1 saturated heterocycles. The van der Waals surface area contributed by atoms with Gasteiger partial charge in [0, 0.05) is 18.7 Å². The number of rotatable bonds is 4. The van der Waals surface area contributed by atoms with E-state index in [4.69, 9.17) is 4.74 Å². The Labute approximate surface area is 113 Å². The zero-order valence-corrected chi connectivity index (χ0v) is 10.9. The van der Waals surface area contributed by atoms with E-state index in [2.05, 4.69) is 6.58 Å². The number of nitrogens with zero attached hydrogens (tertiary/aromatic N) is 1. The summed E-state index contributed by atoms with van der Waals surface area (Å²) in [6.07, 6.45) is 2.73. The number of piperidine rings is 1. The average Bonchev–Trinajstić information content (AvgIpc) is 2.46. The highest BCUT2D eigenvalue weighted by Gasteiger charge is 2.22. The minimum atomic E-state index is -0.265. The molecule has 2 rings (SSSR count). The maximum atomic E-state index is 12.2. The van der Waals surface area contributed by atoms with Gasteiger partial charge in [-0.1, -0.05) is 12.7 Å². The van der Waals surface area contributed by atoms with Gasteiger partial charge in [-0.15, -0.1) is 0 Å². The quantitative estimate of drug-likeness (QED) is 0.841. The number of aliphatic hydroxyl groups excluding tert-OH is 1. The van der Waals surface area contributed by atoms with Crippen LogP contribution in [-0.2, 0) is 0 Å². The monoisotopic (exact) mass is 261 g/mol. The summed E-state index contributed by atoms with van der Waals surface area (Å²) in [4.78, 5) is 14.0. The normalized spacial score (nSPS) is 16.2. The number of carbonyl (C=O) groups is 1. The molecule has 4 nitrogen and oxygen atoms in total. The molecule has 1 heterocycles. The summed E-state index contributed by atoms with van der Waals surface area (Å²) < 4.78 is 5.37. The Kier molecular flexibility index (Phi) is 4.58. The number of amides is 1. The third-order valence-electron chi connectivity index (χ3n) is 3.22. The molecule has 1 aromatic carbocycles. The first-order valence-electron chi connectivity index (χ1n) is 6.52. The second-order valence-corrected chi connectivity index (χ2v) is 4.65. The fourth-order valence-electron chi connectivity index (χ4n) is 2.10. The van der Waals surface area contributed by atoms with E-state index in [0.29, 0.717) is 38.1 Å². The summed E-state index contributed by atoms with van der Waals surface area (Å²) in [5.74, 6) is 0.743. The minimum absolute atomic E-state index is 0.0159. The third kappa shape index (κ3) is 3.58. The third-order valence-corrected chi connectivity index (χ3v) is 3.22. The number of carbonyl (C=O) groups excluding carboxylic acids is 1. The Morgan fingerprint density at radius 2 is 2.00 bits per heavy atom. The number of hydrogen-bond acceptors (Lipinski definition) is 3. The van der Waals surface area contributed by atoms with Crippen LogP contribution < -0.4 is 4.74 Å². The molecule has 0 radical (unpaired) electrons. The van der Waals surface area contributed by atoms with E-state index < -0.39 is 0 Å². The smallest absolute Gasteiger partial charge is 0.253 e. The molecule has 0 bridgehead atoms. The second kappa shape index (κ2) is 6.38. The van der Waals surface area contributed by atoms with Crippen LogP contribution >= 0.6 is 0 Å². The van der Waals surface area contributed by atoms with Gasteiger partial charge in [0.25, 0.3) is 5.91 Å². The van der Waals surface area contributed by atoms with Crippen molar-refractivity contribution in [3.63, 3.8) is 0 Å². The van der Waals surface area contributed by atoms with Gasteiger partial charge in [0.1, 0.15) is 12.4 Å². The van der Waals surface area contributed by atoms with Crippen molar-refractivity contribution < 1.29 is 14.6 Å². The lowest BCUT2D eigenvalue weighted by Gasteiger charge is -2.29. The zero-order chi connectivity index (χ0) is 13.7. The number of ether oxygens (including phenoxy) is 1. The Morgan fingerprint density at radius 3 is 2.58 bits per heavy atom. The molecule has 0 spiro atoms. The Hall–Kier alpha value is -1.81. The predicted octanol–water partition coefficient (Wildman–Crippen LogP) is 1.85. The van der Waals surface area contributed by atoms with E-state index in [9.17, 15) is 9.90 Å². The van der Waals surface area contributed by atoms with Crippen molar-refractivity contribution in [3.05, 3.63) is 42.5 Å². The molecule has 1 aromatic rings. The Balaban J connectivity index is 1.97. The molecule has 19 heavy (non-hydrogen) atoms. The van der Waals surface area contributed by atoms with E-state index >= 15 is 0 Å². The van der Waals surface area contributed by atoms with Crippen molar-refractivity contribution in [2.24, 2.45) is 0 Å². The van der Waals surface area contributed by atoms with Gasteiger partial charge in [-0.2, -0.15) is 0 Å². The minimum Gasteiger partial charge on any atom is -0.490 e. The van der Waals surface area contributed by atoms with Crippen molar-refractivity contribution >= 4 is 5.91 Å². The summed E-state index contributed by atoms with van der Waals surface area (Å²) in [5.41, 5.74) is 0.655. The van der Waals surface area contributed by atoms with E-state index in [1.165, 1.54) is 0 Å². The highest BCUT2D eigenvalue weighted by atomic mass is 16.5. The second-order valence-electron chi connectivity index (χ2n) is 4.65. The van der Waals surface area contributed by atoms with Crippen molar-refractivity contribution in [2.75, 3.05) is 19.7 Å². The lowest BCUT2D eigenvalue weighted by molar-refractivity contribution is 0.0546. The standard InChI is InChI=1S/C15H19NO3/c1-2-11-19-14-5-3-12(4-6-14)15(18)16-9-7-13(17)8-10-16/h2-6,13,17H,1,7-11H2. The van der Waals surface area contributed by atoms with Crippen molar-refractivity contribution in [3.8, 4) is 5.75 Å². The van der Waals surface area contributed by atoms with Crippen LogP contribution in [0.4, 0.5) is 0 Å². The Morgan fingerprint density at radius 1 is 1.37 bits per heavy atom. The van der Waals surface area contributed by atoms with Crippen LogP contribution in [0.25, 0.3) is 0 Å². The largest absolute Gasteiger partial charge is 0.490 e. The molecule has 0 aliphatic carbocycles. The van der Waals surface area contributed by atoms with E-state index in [0.717, 1.165) is 5.75 Å². The number of aliphatic hydroxyl groups is 1. The molecule has 1 N–H and O–H groups in total. The van der Waals surface area contributed by atoms with Gasteiger partial charge in [0.15, 0.2) is 0 Å². The van der Waals surface area contributed by atoms with E-state index in [1.54, 1.807) is 35.2 Å². The summed E-state index contributed by atoms with van der Waals surface area (Å²) >= 11 is 0. The number of benzene rings is 1. The fourth-order valence-corrected chi connectivity index (χ4v) is 2.10. The SMILES string of the molecule is C=CCOc1ccc(C(=O)N2CCC(O)CC2)cc1. The molecule has 1 fully saturated rings. The Bertz CT molecular complexity index is 433. The molecule has 0 atom stereocenters. The van der Waals surface area contributed by atoms with Gasteiger partial charge in [0.05, 0.1) is 6.10 Å². The predicted molar refractivity (Wildman–Crippen MR) is 73.3 cm³/mol. The van der Waals surface area contributed by atoms with Gasteiger partial charge in [-0.3, -0.25) is 4.79 Å². The molecule has 1 amide bonds. The van der Waals surface area contributed by atoms with Crippen LogP contribution in [-0.4, -0.2) is 41.7 Å². The maximum Gasteiger partial charge on any atom is 0.253 e. The first kappa shape index (κ1) is 13.6. The summed E-state index contributed by atoms with van der Waals surface area (Å²) in [5, 5.41) is 9.44. The first-order chi connectivity index (χ1) is 9.20. The summed E-state index contributed by atoms with van der Waals surface area (Å²) in [6, 6.07) is 7.11. The fraction of sp³-hybridized carbons (Fsp3) is 0.400. The maximum absolute atomic E-state index is 12.2. The first-order valence-corrected chi connectivity index (χ1v) is 6.52. The number of hydrogen-bond donors (Lipinski definition) is 1. The molecule has 0 unspecified atom stereocenters. The van der Waals surface area contributed by atoms with Crippen LogP contribution in [0.1, 0.15) is 23.2 Å². The van der Waals surface area contributed by atoms with Crippen LogP contribution in [0.5, 0.6) is 5.75 Å². The molecule has 1 aliphatic heterocycles. The van der Waals surface area contributed by atoms with Gasteiger partial charge in [-0.25, -0.2) is 0 Å². The topological polar surface area (TPSA) is 49.8 Å². The summed E-state index contributed by atoms with van der Waals surface area (Å²) in [6.45, 7) is 5.28. The van der Waals surface area contributed by atoms with Crippen LogP contribution in [0.2, 0.25) is 0 Å². The number of likely N-dealkylation sites (tertiary alicyclic amines) is 1. The molecular formula is C15H19NO3. The lowest BCUT2D eigenvalue weighted by Crippen LogP contribution is -2.40. The van der Waals surface area contributed by atoms with Crippen LogP contribution in [0.3, 0.4) is 0 Å². The molecule has 0 saturated carbocycles. The molecule has 0 aromatic heterocycles. The molecule has 102 valence electrons. The van der Waals surface area contributed by atoms with Crippen molar-refractivity contribution in [1.82, 2.24) is 4.90 Å². The highest BCUT2D eigenvalue weighted by molar-refractivity contribution is 5.94. The van der Waals surface area contributed by atoms with Gasteiger partial charge >= 0.3 is 0 Å². The van der Waals surface area contributed by atoms with Gasteiger partial charge < -0.3 is 14.7 Å². The zero-order valence-electron chi connectivity index (χ0n) is 10.9. The lowest BCUT2D eigenvalue weighted by atomic mass is 10.1. The molecule has 1 aliphatic rings.